The third kappa shape index (κ3) is 5.26. The Labute approximate surface area is 172 Å². The minimum absolute atomic E-state index is 0.179. The number of methoxy groups -OCH3 is 1. The maximum absolute atomic E-state index is 12.6. The van der Waals surface area contributed by atoms with Crippen molar-refractivity contribution in [2.24, 2.45) is 0 Å². The highest BCUT2D eigenvalue weighted by Crippen LogP contribution is 2.20. The van der Waals surface area contributed by atoms with E-state index >= 15 is 0 Å². The van der Waals surface area contributed by atoms with Gasteiger partial charge in [0.2, 0.25) is 0 Å². The summed E-state index contributed by atoms with van der Waals surface area (Å²) in [5, 5.41) is 5.51. The standard InChI is InChI=1S/C22H20N2O6/c1-14-5-6-15(12-18(14)24-22(27)19-4-3-11-29-19)21(26)23-16-7-9-17(10-8-16)30-13-20(25)28-2/h3-12H,13H2,1-2H3,(H,23,26)(H,24,27). The molecule has 0 saturated heterocycles. The maximum atomic E-state index is 12.6. The van der Waals surface area contributed by atoms with Crippen LogP contribution in [0.5, 0.6) is 5.75 Å². The summed E-state index contributed by atoms with van der Waals surface area (Å²) < 4.78 is 14.9. The number of carbonyl (C=O) groups excluding carboxylic acids is 3. The second kappa shape index (κ2) is 9.42. The van der Waals surface area contributed by atoms with Crippen molar-refractivity contribution >= 4 is 29.2 Å². The van der Waals surface area contributed by atoms with Gasteiger partial charge in [0.15, 0.2) is 12.4 Å². The Balaban J connectivity index is 1.65. The molecule has 0 saturated carbocycles. The number of hydrogen-bond acceptors (Lipinski definition) is 6. The Bertz CT molecular complexity index is 1040. The molecule has 2 amide bonds. The van der Waals surface area contributed by atoms with Gasteiger partial charge in [-0.3, -0.25) is 9.59 Å². The lowest BCUT2D eigenvalue weighted by molar-refractivity contribution is -0.142. The minimum atomic E-state index is -0.485. The Kier molecular flexibility index (Phi) is 6.49. The van der Waals surface area contributed by atoms with Gasteiger partial charge in [-0.05, 0) is 61.0 Å². The Morgan fingerprint density at radius 2 is 1.73 bits per heavy atom. The van der Waals surface area contributed by atoms with E-state index in [9.17, 15) is 14.4 Å². The van der Waals surface area contributed by atoms with E-state index in [0.29, 0.717) is 22.7 Å². The highest BCUT2D eigenvalue weighted by Gasteiger charge is 2.13. The van der Waals surface area contributed by atoms with E-state index in [1.54, 1.807) is 54.6 Å². The van der Waals surface area contributed by atoms with Gasteiger partial charge in [0.05, 0.1) is 13.4 Å². The third-order valence-electron chi connectivity index (χ3n) is 4.19. The van der Waals surface area contributed by atoms with Gasteiger partial charge >= 0.3 is 5.97 Å². The highest BCUT2D eigenvalue weighted by molar-refractivity contribution is 6.07. The van der Waals surface area contributed by atoms with Gasteiger partial charge < -0.3 is 24.5 Å². The number of benzene rings is 2. The van der Waals surface area contributed by atoms with Gasteiger partial charge in [-0.25, -0.2) is 4.79 Å². The SMILES string of the molecule is COC(=O)COc1ccc(NC(=O)c2ccc(C)c(NC(=O)c3ccco3)c2)cc1. The summed E-state index contributed by atoms with van der Waals surface area (Å²) in [7, 11) is 1.28. The highest BCUT2D eigenvalue weighted by atomic mass is 16.6. The van der Waals surface area contributed by atoms with Crippen molar-refractivity contribution in [1.29, 1.82) is 0 Å². The van der Waals surface area contributed by atoms with Gasteiger partial charge in [-0.15, -0.1) is 0 Å². The number of amides is 2. The van der Waals surface area contributed by atoms with E-state index < -0.39 is 11.9 Å². The van der Waals surface area contributed by atoms with E-state index in [2.05, 4.69) is 15.4 Å². The summed E-state index contributed by atoms with van der Waals surface area (Å²) in [6.45, 7) is 1.63. The predicted molar refractivity (Wildman–Crippen MR) is 110 cm³/mol. The normalized spacial score (nSPS) is 10.2. The van der Waals surface area contributed by atoms with Crippen molar-refractivity contribution in [2.45, 2.75) is 6.92 Å². The van der Waals surface area contributed by atoms with Gasteiger partial charge in [0.25, 0.3) is 11.8 Å². The molecule has 3 aromatic rings. The first-order chi connectivity index (χ1) is 14.5. The Hall–Kier alpha value is -4.07. The van der Waals surface area contributed by atoms with Crippen LogP contribution in [-0.2, 0) is 9.53 Å². The van der Waals surface area contributed by atoms with E-state index in [4.69, 9.17) is 9.15 Å². The molecule has 0 fully saturated rings. The molecule has 8 heteroatoms. The smallest absolute Gasteiger partial charge is 0.343 e. The first-order valence-electron chi connectivity index (χ1n) is 9.03. The number of aryl methyl sites for hydroxylation is 1. The molecular weight excluding hydrogens is 388 g/mol. The molecule has 0 atom stereocenters. The number of rotatable bonds is 7. The zero-order valence-electron chi connectivity index (χ0n) is 16.4. The lowest BCUT2D eigenvalue weighted by Crippen LogP contribution is -2.15. The molecule has 30 heavy (non-hydrogen) atoms. The molecule has 0 bridgehead atoms. The van der Waals surface area contributed by atoms with Crippen molar-refractivity contribution in [1.82, 2.24) is 0 Å². The van der Waals surface area contributed by atoms with Crippen LogP contribution in [0.15, 0.2) is 65.3 Å². The molecule has 1 aromatic heterocycles. The van der Waals surface area contributed by atoms with Crippen molar-refractivity contribution < 1.29 is 28.3 Å². The fourth-order valence-electron chi connectivity index (χ4n) is 2.53. The summed E-state index contributed by atoms with van der Waals surface area (Å²) in [4.78, 5) is 35.9. The molecule has 0 unspecified atom stereocenters. The van der Waals surface area contributed by atoms with Crippen LogP contribution in [0.3, 0.4) is 0 Å². The Morgan fingerprint density at radius 3 is 2.40 bits per heavy atom. The number of nitrogens with one attached hydrogen (secondary N) is 2. The first-order valence-corrected chi connectivity index (χ1v) is 9.03. The van der Waals surface area contributed by atoms with Gasteiger partial charge in [0, 0.05) is 16.9 Å². The van der Waals surface area contributed by atoms with E-state index in [1.807, 2.05) is 6.92 Å². The lowest BCUT2D eigenvalue weighted by atomic mass is 10.1. The van der Waals surface area contributed by atoms with Crippen LogP contribution in [0.2, 0.25) is 0 Å². The van der Waals surface area contributed by atoms with Crippen LogP contribution < -0.4 is 15.4 Å². The average Bonchev–Trinajstić information content (AvgIpc) is 3.29. The second-order valence-electron chi connectivity index (χ2n) is 6.30. The summed E-state index contributed by atoms with van der Waals surface area (Å²) >= 11 is 0. The van der Waals surface area contributed by atoms with Crippen LogP contribution in [0.4, 0.5) is 11.4 Å². The summed E-state index contributed by atoms with van der Waals surface area (Å²) in [5.41, 5.74) is 2.24. The number of anilines is 2. The van der Waals surface area contributed by atoms with Gasteiger partial charge in [-0.2, -0.15) is 0 Å². The zero-order valence-corrected chi connectivity index (χ0v) is 16.4. The summed E-state index contributed by atoms with van der Waals surface area (Å²) in [5.74, 6) is -0.577. The summed E-state index contributed by atoms with van der Waals surface area (Å²) in [6.07, 6.45) is 1.41. The molecule has 0 aliphatic rings. The van der Waals surface area contributed by atoms with Crippen LogP contribution >= 0.6 is 0 Å². The van der Waals surface area contributed by atoms with Crippen LogP contribution in [0.1, 0.15) is 26.5 Å². The number of carbonyl (C=O) groups is 3. The molecule has 8 nitrogen and oxygen atoms in total. The van der Waals surface area contributed by atoms with Crippen LogP contribution in [0, 0.1) is 6.92 Å². The second-order valence-corrected chi connectivity index (χ2v) is 6.30. The lowest BCUT2D eigenvalue weighted by Gasteiger charge is -2.11. The minimum Gasteiger partial charge on any atom is -0.482 e. The van der Waals surface area contributed by atoms with Crippen molar-refractivity contribution in [3.63, 3.8) is 0 Å². The van der Waals surface area contributed by atoms with Crippen molar-refractivity contribution in [2.75, 3.05) is 24.4 Å². The van der Waals surface area contributed by atoms with Crippen LogP contribution in [-0.4, -0.2) is 31.5 Å². The van der Waals surface area contributed by atoms with E-state index in [0.717, 1.165) is 5.56 Å². The number of furan rings is 1. The Morgan fingerprint density at radius 1 is 0.967 bits per heavy atom. The molecule has 0 aliphatic heterocycles. The van der Waals surface area contributed by atoms with Gasteiger partial charge in [0.1, 0.15) is 5.75 Å². The molecule has 0 spiro atoms. The monoisotopic (exact) mass is 408 g/mol. The molecular formula is C22H20N2O6. The molecule has 2 N–H and O–H groups in total. The predicted octanol–water partition coefficient (Wildman–Crippen LogP) is 3.64. The number of hydrogen-bond donors (Lipinski definition) is 2. The molecule has 0 aliphatic carbocycles. The number of esters is 1. The zero-order chi connectivity index (χ0) is 21.5. The largest absolute Gasteiger partial charge is 0.482 e. The fourth-order valence-corrected chi connectivity index (χ4v) is 2.53. The quantitative estimate of drug-likeness (QED) is 0.578. The van der Waals surface area contributed by atoms with E-state index in [1.165, 1.54) is 13.4 Å². The van der Waals surface area contributed by atoms with Crippen molar-refractivity contribution in [3.8, 4) is 5.75 Å². The van der Waals surface area contributed by atoms with E-state index in [-0.39, 0.29) is 18.3 Å². The third-order valence-corrected chi connectivity index (χ3v) is 4.19. The molecule has 154 valence electrons. The topological polar surface area (TPSA) is 107 Å². The van der Waals surface area contributed by atoms with Gasteiger partial charge in [-0.1, -0.05) is 6.07 Å². The molecule has 0 radical (unpaired) electrons. The molecule has 3 rings (SSSR count). The fraction of sp³-hybridized carbons (Fsp3) is 0.136. The molecule has 1 heterocycles. The van der Waals surface area contributed by atoms with Crippen LogP contribution in [0.25, 0.3) is 0 Å². The summed E-state index contributed by atoms with van der Waals surface area (Å²) in [6, 6.07) is 14.7. The molecule has 2 aromatic carbocycles. The first kappa shape index (κ1) is 20.7. The number of ether oxygens (including phenoxy) is 2. The van der Waals surface area contributed by atoms with Crippen molar-refractivity contribution in [3.05, 3.63) is 77.7 Å². The average molecular weight is 408 g/mol. The maximum Gasteiger partial charge on any atom is 0.343 e.